The van der Waals surface area contributed by atoms with Crippen LogP contribution >= 0.6 is 11.3 Å². The van der Waals surface area contributed by atoms with Gasteiger partial charge in [-0.05, 0) is 23.6 Å². The number of sulfonamides is 1. The molecule has 0 bridgehead atoms. The van der Waals surface area contributed by atoms with Gasteiger partial charge < -0.3 is 9.52 Å². The summed E-state index contributed by atoms with van der Waals surface area (Å²) in [7, 11) is -3.69. The molecule has 2 N–H and O–H groups in total. The first-order chi connectivity index (χ1) is 7.62. The molecule has 0 saturated carbocycles. The van der Waals surface area contributed by atoms with Crippen molar-refractivity contribution >= 4 is 27.0 Å². The van der Waals surface area contributed by atoms with Crippen LogP contribution in [0.15, 0.2) is 38.5 Å². The number of hydrogen-bond acceptors (Lipinski definition) is 5. The van der Waals surface area contributed by atoms with Crippen LogP contribution in [0.5, 0.6) is 0 Å². The van der Waals surface area contributed by atoms with Crippen LogP contribution in [0.25, 0.3) is 0 Å². The number of aliphatic hydroxyl groups excluding tert-OH is 1. The highest BCUT2D eigenvalue weighted by Crippen LogP contribution is 2.20. The maximum Gasteiger partial charge on any atom is 0.295 e. The van der Waals surface area contributed by atoms with Crippen molar-refractivity contribution in [2.75, 3.05) is 4.72 Å². The number of thiophene rings is 1. The van der Waals surface area contributed by atoms with Crippen molar-refractivity contribution in [2.24, 2.45) is 0 Å². The van der Waals surface area contributed by atoms with E-state index in [9.17, 15) is 8.42 Å². The number of aliphatic hydroxyl groups is 1. The SMILES string of the molecule is O=S(=O)(Nc1ccsc1)c1ccc(CO)o1. The summed E-state index contributed by atoms with van der Waals surface area (Å²) in [6, 6.07) is 4.38. The van der Waals surface area contributed by atoms with Gasteiger partial charge in [0.1, 0.15) is 12.4 Å². The second-order valence-electron chi connectivity index (χ2n) is 3.00. The van der Waals surface area contributed by atoms with Gasteiger partial charge in [-0.3, -0.25) is 4.72 Å². The fraction of sp³-hybridized carbons (Fsp3) is 0.111. The molecular weight excluding hydrogens is 250 g/mol. The molecule has 0 aliphatic carbocycles. The van der Waals surface area contributed by atoms with Gasteiger partial charge >= 0.3 is 0 Å². The average Bonchev–Trinajstić information content (AvgIpc) is 2.85. The van der Waals surface area contributed by atoms with Gasteiger partial charge in [-0.1, -0.05) is 0 Å². The third-order valence-electron chi connectivity index (χ3n) is 1.83. The molecule has 0 amide bonds. The molecule has 0 fully saturated rings. The number of nitrogens with one attached hydrogen (secondary N) is 1. The van der Waals surface area contributed by atoms with Crippen molar-refractivity contribution in [2.45, 2.75) is 11.7 Å². The van der Waals surface area contributed by atoms with E-state index in [1.165, 1.54) is 23.5 Å². The first-order valence-corrected chi connectivity index (χ1v) is 6.79. The molecule has 2 aromatic rings. The van der Waals surface area contributed by atoms with Gasteiger partial charge in [-0.25, -0.2) is 0 Å². The summed E-state index contributed by atoms with van der Waals surface area (Å²) in [5, 5.41) is 12.0. The Morgan fingerprint density at radius 3 is 2.75 bits per heavy atom. The van der Waals surface area contributed by atoms with Crippen LogP contribution in [0, 0.1) is 0 Å². The van der Waals surface area contributed by atoms with Crippen LogP contribution in [-0.2, 0) is 16.6 Å². The van der Waals surface area contributed by atoms with Crippen molar-refractivity contribution in [1.82, 2.24) is 0 Å². The minimum atomic E-state index is -3.69. The maximum atomic E-state index is 11.7. The van der Waals surface area contributed by atoms with E-state index >= 15 is 0 Å². The topological polar surface area (TPSA) is 79.5 Å². The lowest BCUT2D eigenvalue weighted by atomic mass is 10.5. The van der Waals surface area contributed by atoms with E-state index in [-0.39, 0.29) is 17.5 Å². The van der Waals surface area contributed by atoms with E-state index < -0.39 is 10.0 Å². The van der Waals surface area contributed by atoms with Gasteiger partial charge in [0.2, 0.25) is 5.09 Å². The molecule has 2 aromatic heterocycles. The molecular formula is C9H9NO4S2. The largest absolute Gasteiger partial charge is 0.445 e. The molecule has 5 nitrogen and oxygen atoms in total. The maximum absolute atomic E-state index is 11.7. The monoisotopic (exact) mass is 259 g/mol. The smallest absolute Gasteiger partial charge is 0.295 e. The van der Waals surface area contributed by atoms with E-state index in [2.05, 4.69) is 4.72 Å². The first kappa shape index (κ1) is 11.2. The minimum absolute atomic E-state index is 0.206. The second kappa shape index (κ2) is 4.28. The Balaban J connectivity index is 2.25. The Morgan fingerprint density at radius 1 is 1.38 bits per heavy atom. The Hall–Kier alpha value is -1.31. The third-order valence-corrected chi connectivity index (χ3v) is 3.77. The zero-order valence-electron chi connectivity index (χ0n) is 8.08. The predicted octanol–water partition coefficient (Wildman–Crippen LogP) is 1.63. The zero-order valence-corrected chi connectivity index (χ0v) is 9.72. The molecule has 0 aliphatic rings. The second-order valence-corrected chi connectivity index (χ2v) is 5.39. The lowest BCUT2D eigenvalue weighted by molar-refractivity contribution is 0.236. The summed E-state index contributed by atoms with van der Waals surface area (Å²) in [5.74, 6) is 0.214. The van der Waals surface area contributed by atoms with Gasteiger partial charge in [-0.2, -0.15) is 19.8 Å². The molecule has 0 atom stereocenters. The summed E-state index contributed by atoms with van der Waals surface area (Å²) in [4.78, 5) is 0. The lowest BCUT2D eigenvalue weighted by Crippen LogP contribution is -2.11. The quantitative estimate of drug-likeness (QED) is 0.874. The molecule has 2 rings (SSSR count). The number of furan rings is 1. The number of anilines is 1. The average molecular weight is 259 g/mol. The molecule has 2 heterocycles. The number of rotatable bonds is 4. The summed E-state index contributed by atoms with van der Waals surface area (Å²) < 4.78 is 30.8. The van der Waals surface area contributed by atoms with Crippen molar-refractivity contribution in [3.05, 3.63) is 34.7 Å². The van der Waals surface area contributed by atoms with Crippen LogP contribution < -0.4 is 4.72 Å². The van der Waals surface area contributed by atoms with Crippen LogP contribution in [0.4, 0.5) is 5.69 Å². The minimum Gasteiger partial charge on any atom is -0.445 e. The van der Waals surface area contributed by atoms with Crippen molar-refractivity contribution in [1.29, 1.82) is 0 Å². The van der Waals surface area contributed by atoms with Gasteiger partial charge in [0.15, 0.2) is 0 Å². The molecule has 0 unspecified atom stereocenters. The van der Waals surface area contributed by atoms with E-state index in [0.29, 0.717) is 5.69 Å². The van der Waals surface area contributed by atoms with Crippen LogP contribution in [-0.4, -0.2) is 13.5 Å². The molecule has 0 spiro atoms. The molecule has 7 heteroatoms. The van der Waals surface area contributed by atoms with E-state index in [1.54, 1.807) is 16.8 Å². The molecule has 16 heavy (non-hydrogen) atoms. The van der Waals surface area contributed by atoms with Gasteiger partial charge in [0, 0.05) is 5.38 Å². The molecule has 0 saturated heterocycles. The van der Waals surface area contributed by atoms with Crippen molar-refractivity contribution in [3.8, 4) is 0 Å². The summed E-state index contributed by atoms with van der Waals surface area (Å²) in [6.07, 6.45) is 0. The molecule has 0 aromatic carbocycles. The van der Waals surface area contributed by atoms with E-state index in [1.807, 2.05) is 0 Å². The Labute approximate surface area is 96.4 Å². The first-order valence-electron chi connectivity index (χ1n) is 4.36. The van der Waals surface area contributed by atoms with Crippen molar-refractivity contribution in [3.63, 3.8) is 0 Å². The molecule has 0 radical (unpaired) electrons. The Morgan fingerprint density at radius 2 is 2.19 bits per heavy atom. The summed E-state index contributed by atoms with van der Waals surface area (Å²) in [5.41, 5.74) is 0.493. The Bertz CT molecular complexity index is 556. The van der Waals surface area contributed by atoms with Crippen molar-refractivity contribution < 1.29 is 17.9 Å². The predicted molar refractivity (Wildman–Crippen MR) is 59.8 cm³/mol. The summed E-state index contributed by atoms with van der Waals surface area (Å²) >= 11 is 1.39. The van der Waals surface area contributed by atoms with Gasteiger partial charge in [0.25, 0.3) is 10.0 Å². The lowest BCUT2D eigenvalue weighted by Gasteiger charge is -2.02. The third kappa shape index (κ3) is 2.26. The van der Waals surface area contributed by atoms with Gasteiger partial charge in [0.05, 0.1) is 5.69 Å². The van der Waals surface area contributed by atoms with Crippen LogP contribution in [0.2, 0.25) is 0 Å². The standard InChI is InChI=1S/C9H9NO4S2/c11-5-8-1-2-9(14-8)16(12,13)10-7-3-4-15-6-7/h1-4,6,10-11H,5H2. The summed E-state index contributed by atoms with van der Waals surface area (Å²) in [6.45, 7) is -0.325. The van der Waals surface area contributed by atoms with Crippen LogP contribution in [0.3, 0.4) is 0 Å². The Kier molecular flexibility index (Phi) is 2.99. The molecule has 86 valence electrons. The highest BCUT2D eigenvalue weighted by atomic mass is 32.2. The fourth-order valence-corrected chi connectivity index (χ4v) is 2.78. The van der Waals surface area contributed by atoms with Gasteiger partial charge in [-0.15, -0.1) is 0 Å². The van der Waals surface area contributed by atoms with E-state index in [0.717, 1.165) is 0 Å². The zero-order chi connectivity index (χ0) is 11.6. The highest BCUT2D eigenvalue weighted by Gasteiger charge is 2.18. The normalized spacial score (nSPS) is 11.6. The number of hydrogen-bond donors (Lipinski definition) is 2. The fourth-order valence-electron chi connectivity index (χ4n) is 1.12. The van der Waals surface area contributed by atoms with E-state index in [4.69, 9.17) is 9.52 Å². The molecule has 0 aliphatic heterocycles. The van der Waals surface area contributed by atoms with Crippen LogP contribution in [0.1, 0.15) is 5.76 Å². The highest BCUT2D eigenvalue weighted by molar-refractivity contribution is 7.92.